The average molecular weight is 380 g/mol. The molecule has 0 saturated carbocycles. The molecule has 0 heterocycles. The zero-order valence-electron chi connectivity index (χ0n) is 17.7. The lowest BCUT2D eigenvalue weighted by Gasteiger charge is -2.21. The summed E-state index contributed by atoms with van der Waals surface area (Å²) in [5.74, 6) is 0. The Morgan fingerprint density at radius 3 is 2.18 bits per heavy atom. The fraction of sp³-hybridized carbons (Fsp3) is 0.480. The first-order chi connectivity index (χ1) is 13.7. The Labute approximate surface area is 171 Å². The second-order valence-corrected chi connectivity index (χ2v) is 7.65. The molecule has 0 spiro atoms. The van der Waals surface area contributed by atoms with Crippen LogP contribution in [0.3, 0.4) is 0 Å². The smallest absolute Gasteiger partial charge is 0.0639 e. The van der Waals surface area contributed by atoms with Crippen LogP contribution in [0.1, 0.15) is 56.2 Å². The van der Waals surface area contributed by atoms with Gasteiger partial charge in [0.2, 0.25) is 0 Å². The Hall–Kier alpha value is -1.97. The number of nitrogens with zero attached hydrogens (tertiary/aromatic N) is 2. The second kappa shape index (κ2) is 13.2. The van der Waals surface area contributed by atoms with Gasteiger partial charge in [0.25, 0.3) is 0 Å². The van der Waals surface area contributed by atoms with E-state index in [2.05, 4.69) is 60.1 Å². The van der Waals surface area contributed by atoms with Gasteiger partial charge in [0.1, 0.15) is 0 Å². The summed E-state index contributed by atoms with van der Waals surface area (Å²) in [6.07, 6.45) is 7.63. The van der Waals surface area contributed by atoms with Gasteiger partial charge in [-0.3, -0.25) is 4.99 Å². The lowest BCUT2D eigenvalue weighted by atomic mass is 10.0. The van der Waals surface area contributed by atoms with Crippen molar-refractivity contribution in [2.75, 3.05) is 19.6 Å². The lowest BCUT2D eigenvalue weighted by Crippen LogP contribution is -2.29. The second-order valence-electron chi connectivity index (χ2n) is 7.65. The van der Waals surface area contributed by atoms with Crippen LogP contribution in [-0.2, 0) is 13.0 Å². The minimum Gasteiger partial charge on any atom is -0.327 e. The lowest BCUT2D eigenvalue weighted by molar-refractivity contribution is 0.266. The molecule has 0 aromatic heterocycles. The van der Waals surface area contributed by atoms with Crippen molar-refractivity contribution in [3.8, 4) is 0 Å². The summed E-state index contributed by atoms with van der Waals surface area (Å²) in [6, 6.07) is 19.2. The Morgan fingerprint density at radius 1 is 0.893 bits per heavy atom. The minimum atomic E-state index is 0.243. The predicted octanol–water partition coefficient (Wildman–Crippen LogP) is 5.08. The quantitative estimate of drug-likeness (QED) is 0.493. The molecule has 2 N–H and O–H groups in total. The van der Waals surface area contributed by atoms with E-state index in [0.717, 1.165) is 18.4 Å². The van der Waals surface area contributed by atoms with Gasteiger partial charge in [0.05, 0.1) is 6.54 Å². The molecule has 0 bridgehead atoms. The van der Waals surface area contributed by atoms with E-state index in [1.54, 1.807) is 0 Å². The molecule has 0 aliphatic carbocycles. The summed E-state index contributed by atoms with van der Waals surface area (Å²) < 4.78 is 0. The summed E-state index contributed by atoms with van der Waals surface area (Å²) in [5.41, 5.74) is 10.1. The maximum absolute atomic E-state index is 6.38. The molecule has 2 aromatic rings. The van der Waals surface area contributed by atoms with Crippen LogP contribution in [0.4, 0.5) is 0 Å². The maximum Gasteiger partial charge on any atom is 0.0639 e. The van der Waals surface area contributed by atoms with Crippen LogP contribution in [0.25, 0.3) is 0 Å². The van der Waals surface area contributed by atoms with Crippen molar-refractivity contribution in [2.45, 2.75) is 58.5 Å². The van der Waals surface area contributed by atoms with E-state index in [0.29, 0.717) is 6.54 Å². The third kappa shape index (κ3) is 8.81. The summed E-state index contributed by atoms with van der Waals surface area (Å²) >= 11 is 0. The van der Waals surface area contributed by atoms with E-state index in [-0.39, 0.29) is 6.04 Å². The highest BCUT2D eigenvalue weighted by Crippen LogP contribution is 2.10. The first kappa shape index (κ1) is 22.3. The topological polar surface area (TPSA) is 41.6 Å². The molecule has 3 heteroatoms. The molecule has 0 aliphatic heterocycles. The number of nitrogens with two attached hydrogens (primary N) is 1. The fourth-order valence-corrected chi connectivity index (χ4v) is 3.53. The summed E-state index contributed by atoms with van der Waals surface area (Å²) in [7, 11) is 0. The molecule has 0 fully saturated rings. The van der Waals surface area contributed by atoms with Crippen LogP contribution in [0.5, 0.6) is 0 Å². The standard InChI is InChI=1S/C25H37N3/c1-3-16-28(17-4-2)18-8-11-25(26)19-22-12-14-24(15-13-22)21-27-20-23-9-6-5-7-10-23/h5-7,9-10,12-15,20,25H,3-4,8,11,16-19,21,26H2,1-2H3. The van der Waals surface area contributed by atoms with Crippen molar-refractivity contribution in [1.82, 2.24) is 4.90 Å². The number of hydrogen-bond donors (Lipinski definition) is 1. The highest BCUT2D eigenvalue weighted by Gasteiger charge is 2.07. The van der Waals surface area contributed by atoms with E-state index in [4.69, 9.17) is 5.73 Å². The van der Waals surface area contributed by atoms with E-state index >= 15 is 0 Å². The van der Waals surface area contributed by atoms with Gasteiger partial charge in [0.15, 0.2) is 0 Å². The van der Waals surface area contributed by atoms with Crippen LogP contribution in [0.2, 0.25) is 0 Å². The molecule has 0 saturated heterocycles. The van der Waals surface area contributed by atoms with E-state index in [9.17, 15) is 0 Å². The van der Waals surface area contributed by atoms with E-state index < -0.39 is 0 Å². The number of benzene rings is 2. The fourth-order valence-electron chi connectivity index (χ4n) is 3.53. The van der Waals surface area contributed by atoms with Gasteiger partial charge < -0.3 is 10.6 Å². The van der Waals surface area contributed by atoms with Crippen molar-refractivity contribution in [3.63, 3.8) is 0 Å². The molecule has 1 unspecified atom stereocenters. The molecule has 28 heavy (non-hydrogen) atoms. The zero-order chi connectivity index (χ0) is 20.0. The first-order valence-electron chi connectivity index (χ1n) is 10.8. The normalized spacial score (nSPS) is 12.7. The van der Waals surface area contributed by atoms with Crippen molar-refractivity contribution in [1.29, 1.82) is 0 Å². The largest absolute Gasteiger partial charge is 0.327 e. The third-order valence-corrected chi connectivity index (χ3v) is 4.96. The number of rotatable bonds is 13. The third-order valence-electron chi connectivity index (χ3n) is 4.96. The van der Waals surface area contributed by atoms with E-state index in [1.165, 1.54) is 50.0 Å². The summed E-state index contributed by atoms with van der Waals surface area (Å²) in [6.45, 7) is 8.81. The number of hydrogen-bond acceptors (Lipinski definition) is 3. The molecule has 3 nitrogen and oxygen atoms in total. The van der Waals surface area contributed by atoms with Gasteiger partial charge in [-0.2, -0.15) is 0 Å². The molecule has 2 rings (SSSR count). The van der Waals surface area contributed by atoms with Gasteiger partial charge in [-0.25, -0.2) is 0 Å². The Kier molecular flexibility index (Phi) is 10.6. The van der Waals surface area contributed by atoms with Crippen LogP contribution >= 0.6 is 0 Å². The Morgan fingerprint density at radius 2 is 1.54 bits per heavy atom. The number of aliphatic imine (C=N–C) groups is 1. The van der Waals surface area contributed by atoms with Crippen LogP contribution < -0.4 is 5.73 Å². The Balaban J connectivity index is 1.71. The van der Waals surface area contributed by atoms with Gasteiger partial charge in [-0.15, -0.1) is 0 Å². The molecule has 0 aliphatic rings. The van der Waals surface area contributed by atoms with Crippen LogP contribution in [0.15, 0.2) is 59.6 Å². The molecule has 0 radical (unpaired) electrons. The predicted molar refractivity (Wildman–Crippen MR) is 122 cm³/mol. The van der Waals surface area contributed by atoms with Gasteiger partial charge >= 0.3 is 0 Å². The van der Waals surface area contributed by atoms with Crippen LogP contribution in [-0.4, -0.2) is 36.8 Å². The van der Waals surface area contributed by atoms with Crippen molar-refractivity contribution < 1.29 is 0 Å². The highest BCUT2D eigenvalue weighted by molar-refractivity contribution is 5.79. The van der Waals surface area contributed by atoms with Gasteiger partial charge in [0, 0.05) is 12.3 Å². The SMILES string of the molecule is CCCN(CCC)CCCC(N)Cc1ccc(CN=Cc2ccccc2)cc1. The highest BCUT2D eigenvalue weighted by atomic mass is 15.1. The molecule has 0 amide bonds. The maximum atomic E-state index is 6.38. The van der Waals surface area contributed by atoms with Gasteiger partial charge in [-0.1, -0.05) is 68.4 Å². The molecular weight excluding hydrogens is 342 g/mol. The molecular formula is C25H37N3. The monoisotopic (exact) mass is 379 g/mol. The molecule has 2 aromatic carbocycles. The minimum absolute atomic E-state index is 0.243. The zero-order valence-corrected chi connectivity index (χ0v) is 17.7. The van der Waals surface area contributed by atoms with Crippen molar-refractivity contribution in [3.05, 3.63) is 71.3 Å². The Bertz CT molecular complexity index is 658. The molecule has 152 valence electrons. The van der Waals surface area contributed by atoms with Crippen LogP contribution in [0, 0.1) is 0 Å². The molecule has 1 atom stereocenters. The van der Waals surface area contributed by atoms with Crippen molar-refractivity contribution >= 4 is 6.21 Å². The summed E-state index contributed by atoms with van der Waals surface area (Å²) in [5, 5.41) is 0. The van der Waals surface area contributed by atoms with E-state index in [1.807, 2.05) is 24.4 Å². The first-order valence-corrected chi connectivity index (χ1v) is 10.8. The average Bonchev–Trinajstić information content (AvgIpc) is 2.70. The van der Waals surface area contributed by atoms with Crippen molar-refractivity contribution in [2.24, 2.45) is 10.7 Å². The summed E-state index contributed by atoms with van der Waals surface area (Å²) in [4.78, 5) is 7.10. The van der Waals surface area contributed by atoms with Gasteiger partial charge in [-0.05, 0) is 68.4 Å².